The Morgan fingerprint density at radius 1 is 1.00 bits per heavy atom. The first kappa shape index (κ1) is 23.7. The summed E-state index contributed by atoms with van der Waals surface area (Å²) >= 11 is 0. The highest BCUT2D eigenvalue weighted by Gasteiger charge is 2.52. The fourth-order valence-electron chi connectivity index (χ4n) is 7.60. The molecule has 5 fully saturated rings. The SMILES string of the molecule is CN(CCCCCCCNc1cccc(N2CCC(=O)NC2=O)c1)C12CC3CC(CC(C3)C1)C2. The monoisotopic (exact) mass is 466 g/mol. The van der Waals surface area contributed by atoms with Gasteiger partial charge in [-0.2, -0.15) is 0 Å². The number of hydrogen-bond acceptors (Lipinski definition) is 4. The maximum Gasteiger partial charge on any atom is 0.328 e. The minimum atomic E-state index is -0.331. The Bertz CT molecular complexity index is 850. The van der Waals surface area contributed by atoms with E-state index >= 15 is 0 Å². The highest BCUT2D eigenvalue weighted by atomic mass is 16.2. The molecule has 34 heavy (non-hydrogen) atoms. The number of anilines is 2. The van der Waals surface area contributed by atoms with Crippen molar-refractivity contribution in [3.63, 3.8) is 0 Å². The number of nitrogens with zero attached hydrogens (tertiary/aromatic N) is 2. The number of rotatable bonds is 11. The average Bonchev–Trinajstić information content (AvgIpc) is 2.80. The predicted molar refractivity (Wildman–Crippen MR) is 137 cm³/mol. The predicted octanol–water partition coefficient (Wildman–Crippen LogP) is 5.40. The molecule has 6 nitrogen and oxygen atoms in total. The molecule has 3 amide bonds. The Morgan fingerprint density at radius 3 is 2.38 bits per heavy atom. The lowest BCUT2D eigenvalue weighted by Gasteiger charge is -2.60. The molecule has 1 heterocycles. The van der Waals surface area contributed by atoms with Gasteiger partial charge < -0.3 is 10.2 Å². The van der Waals surface area contributed by atoms with Gasteiger partial charge in [0, 0.05) is 36.4 Å². The van der Waals surface area contributed by atoms with Crippen LogP contribution in [-0.2, 0) is 4.79 Å². The molecule has 0 atom stereocenters. The maximum atomic E-state index is 12.1. The van der Waals surface area contributed by atoms with E-state index in [1.807, 2.05) is 24.3 Å². The Morgan fingerprint density at radius 2 is 1.68 bits per heavy atom. The summed E-state index contributed by atoms with van der Waals surface area (Å²) in [6.07, 6.45) is 15.7. The van der Waals surface area contributed by atoms with E-state index in [9.17, 15) is 9.59 Å². The van der Waals surface area contributed by atoms with Crippen molar-refractivity contribution in [2.75, 3.05) is 36.9 Å². The van der Waals surface area contributed by atoms with E-state index in [0.717, 1.165) is 42.1 Å². The molecule has 6 heteroatoms. The Kier molecular flexibility index (Phi) is 7.14. The van der Waals surface area contributed by atoms with Crippen LogP contribution in [0, 0.1) is 17.8 Å². The van der Waals surface area contributed by atoms with E-state index in [2.05, 4.69) is 22.6 Å². The third-order valence-corrected chi connectivity index (χ3v) is 9.03. The van der Waals surface area contributed by atoms with Crippen molar-refractivity contribution in [3.8, 4) is 0 Å². The third-order valence-electron chi connectivity index (χ3n) is 9.03. The fourth-order valence-corrected chi connectivity index (χ4v) is 7.60. The maximum absolute atomic E-state index is 12.1. The van der Waals surface area contributed by atoms with E-state index < -0.39 is 0 Å². The first-order valence-electron chi connectivity index (χ1n) is 13.7. The molecular formula is C28H42N4O2. The molecule has 2 N–H and O–H groups in total. The van der Waals surface area contributed by atoms with Crippen LogP contribution in [0.4, 0.5) is 16.2 Å². The van der Waals surface area contributed by atoms with Crippen LogP contribution >= 0.6 is 0 Å². The average molecular weight is 467 g/mol. The van der Waals surface area contributed by atoms with Crippen LogP contribution in [0.5, 0.6) is 0 Å². The first-order valence-corrected chi connectivity index (χ1v) is 13.7. The van der Waals surface area contributed by atoms with Gasteiger partial charge in [-0.05, 0) is 101 Å². The molecule has 4 saturated carbocycles. The molecular weight excluding hydrogens is 424 g/mol. The van der Waals surface area contributed by atoms with Crippen LogP contribution in [-0.4, -0.2) is 49.1 Å². The lowest BCUT2D eigenvalue weighted by Crippen LogP contribution is -2.58. The number of carbonyl (C=O) groups is 2. The van der Waals surface area contributed by atoms with E-state index in [1.165, 1.54) is 70.8 Å². The number of nitrogens with one attached hydrogen (secondary N) is 2. The molecule has 4 aliphatic carbocycles. The van der Waals surface area contributed by atoms with Crippen molar-refractivity contribution in [1.82, 2.24) is 10.2 Å². The number of amides is 3. The van der Waals surface area contributed by atoms with Crippen LogP contribution in [0.15, 0.2) is 24.3 Å². The number of benzene rings is 1. The molecule has 0 spiro atoms. The van der Waals surface area contributed by atoms with Gasteiger partial charge in [0.25, 0.3) is 0 Å². The molecule has 1 aliphatic heterocycles. The lowest BCUT2D eigenvalue weighted by molar-refractivity contribution is -0.120. The second-order valence-electron chi connectivity index (χ2n) is 11.6. The molecule has 5 aliphatic rings. The largest absolute Gasteiger partial charge is 0.385 e. The van der Waals surface area contributed by atoms with Gasteiger partial charge in [0.15, 0.2) is 0 Å². The number of hydrogen-bond donors (Lipinski definition) is 2. The topological polar surface area (TPSA) is 64.7 Å². The fraction of sp³-hybridized carbons (Fsp3) is 0.714. The number of unbranched alkanes of at least 4 members (excludes halogenated alkanes) is 4. The van der Waals surface area contributed by atoms with Crippen molar-refractivity contribution in [1.29, 1.82) is 0 Å². The second kappa shape index (κ2) is 10.3. The summed E-state index contributed by atoms with van der Waals surface area (Å²) in [5.74, 6) is 2.89. The Labute approximate surface area is 204 Å². The molecule has 0 radical (unpaired) electrons. The van der Waals surface area contributed by atoms with Crippen LogP contribution in [0.25, 0.3) is 0 Å². The lowest BCUT2D eigenvalue weighted by atomic mass is 9.52. The van der Waals surface area contributed by atoms with Crippen LogP contribution in [0.1, 0.15) is 77.0 Å². The van der Waals surface area contributed by atoms with Crippen molar-refractivity contribution >= 4 is 23.3 Å². The zero-order valence-electron chi connectivity index (χ0n) is 20.9. The van der Waals surface area contributed by atoms with Crippen molar-refractivity contribution in [3.05, 3.63) is 24.3 Å². The summed E-state index contributed by atoms with van der Waals surface area (Å²) in [7, 11) is 2.41. The van der Waals surface area contributed by atoms with Crippen LogP contribution in [0.3, 0.4) is 0 Å². The Balaban J connectivity index is 0.965. The second-order valence-corrected chi connectivity index (χ2v) is 11.6. The zero-order chi connectivity index (χ0) is 23.5. The standard InChI is InChI=1S/C28H42N4O2/c1-31(28-18-21-14-22(19-28)16-23(15-21)20-28)12-6-4-2-3-5-11-29-24-8-7-9-25(17-24)32-13-10-26(33)30-27(32)34/h7-9,17,21-23,29H,2-6,10-16,18-20H2,1H3,(H,30,33,34). The quantitative estimate of drug-likeness (QED) is 0.429. The van der Waals surface area contributed by atoms with Crippen LogP contribution < -0.4 is 15.5 Å². The summed E-state index contributed by atoms with van der Waals surface area (Å²) in [5.41, 5.74) is 2.41. The van der Waals surface area contributed by atoms with Gasteiger partial charge in [-0.3, -0.25) is 15.0 Å². The van der Waals surface area contributed by atoms with Gasteiger partial charge in [0.1, 0.15) is 0 Å². The molecule has 0 unspecified atom stereocenters. The first-order chi connectivity index (χ1) is 16.5. The summed E-state index contributed by atoms with van der Waals surface area (Å²) in [5, 5.41) is 5.89. The zero-order valence-corrected chi connectivity index (χ0v) is 20.9. The number of urea groups is 1. The number of imide groups is 1. The van der Waals surface area contributed by atoms with Gasteiger partial charge in [-0.15, -0.1) is 0 Å². The summed E-state index contributed by atoms with van der Waals surface area (Å²) in [4.78, 5) is 27.8. The third kappa shape index (κ3) is 5.27. The summed E-state index contributed by atoms with van der Waals surface area (Å²) < 4.78 is 0. The minimum absolute atomic E-state index is 0.199. The highest BCUT2D eigenvalue weighted by molar-refractivity contribution is 6.05. The summed E-state index contributed by atoms with van der Waals surface area (Å²) in [6.45, 7) is 2.65. The molecule has 1 saturated heterocycles. The van der Waals surface area contributed by atoms with E-state index in [0.29, 0.717) is 18.5 Å². The van der Waals surface area contributed by atoms with Crippen molar-refractivity contribution in [2.45, 2.75) is 82.6 Å². The molecule has 1 aromatic rings. The van der Waals surface area contributed by atoms with Crippen LogP contribution in [0.2, 0.25) is 0 Å². The van der Waals surface area contributed by atoms with E-state index in [1.54, 1.807) is 4.90 Å². The normalized spacial score (nSPS) is 30.2. The number of carbonyl (C=O) groups excluding carboxylic acids is 2. The molecule has 186 valence electrons. The van der Waals surface area contributed by atoms with Gasteiger partial charge in [-0.25, -0.2) is 4.79 Å². The van der Waals surface area contributed by atoms with Gasteiger partial charge >= 0.3 is 6.03 Å². The molecule has 1 aromatic carbocycles. The molecule has 4 bridgehead atoms. The Hall–Kier alpha value is -2.08. The van der Waals surface area contributed by atoms with E-state index in [-0.39, 0.29) is 11.9 Å². The van der Waals surface area contributed by atoms with E-state index in [4.69, 9.17) is 0 Å². The van der Waals surface area contributed by atoms with Gasteiger partial charge in [0.2, 0.25) is 5.91 Å². The van der Waals surface area contributed by atoms with Gasteiger partial charge in [-0.1, -0.05) is 25.3 Å². The van der Waals surface area contributed by atoms with Crippen molar-refractivity contribution < 1.29 is 9.59 Å². The summed E-state index contributed by atoms with van der Waals surface area (Å²) in [6, 6.07) is 7.58. The molecule has 0 aromatic heterocycles. The molecule has 6 rings (SSSR count). The van der Waals surface area contributed by atoms with Crippen molar-refractivity contribution in [2.24, 2.45) is 17.8 Å². The highest BCUT2D eigenvalue weighted by Crippen LogP contribution is 2.57. The minimum Gasteiger partial charge on any atom is -0.385 e. The smallest absolute Gasteiger partial charge is 0.328 e. The van der Waals surface area contributed by atoms with Gasteiger partial charge in [0.05, 0.1) is 0 Å².